The Kier molecular flexibility index (Phi) is 3.85. The van der Waals surface area contributed by atoms with Gasteiger partial charge < -0.3 is 5.32 Å². The van der Waals surface area contributed by atoms with Crippen LogP contribution in [0.1, 0.15) is 5.56 Å². The van der Waals surface area contributed by atoms with Crippen LogP contribution in [0, 0.1) is 0 Å². The lowest BCUT2D eigenvalue weighted by Crippen LogP contribution is -2.00. The first-order valence-corrected chi connectivity index (χ1v) is 7.28. The molecular formula is C15H11BrClN3. The van der Waals surface area contributed by atoms with Gasteiger partial charge in [0.05, 0.1) is 11.0 Å². The molecule has 100 valence electrons. The second kappa shape index (κ2) is 5.77. The van der Waals surface area contributed by atoms with Crippen molar-refractivity contribution in [2.75, 3.05) is 5.32 Å². The van der Waals surface area contributed by atoms with Crippen molar-refractivity contribution in [2.45, 2.75) is 6.54 Å². The normalized spacial score (nSPS) is 10.7. The molecule has 0 aliphatic heterocycles. The molecule has 1 aromatic heterocycles. The highest BCUT2D eigenvalue weighted by molar-refractivity contribution is 9.10. The maximum atomic E-state index is 6.17. The molecule has 0 saturated carbocycles. The fourth-order valence-electron chi connectivity index (χ4n) is 1.95. The molecule has 0 spiro atoms. The minimum absolute atomic E-state index is 0.657. The molecule has 5 heteroatoms. The van der Waals surface area contributed by atoms with Gasteiger partial charge >= 0.3 is 0 Å². The Hall–Kier alpha value is -1.65. The maximum absolute atomic E-state index is 6.17. The highest BCUT2D eigenvalue weighted by atomic mass is 79.9. The fourth-order valence-corrected chi connectivity index (χ4v) is 2.54. The molecule has 0 bridgehead atoms. The van der Waals surface area contributed by atoms with Gasteiger partial charge in [-0.25, -0.2) is 0 Å². The van der Waals surface area contributed by atoms with E-state index in [2.05, 4.69) is 31.2 Å². The Morgan fingerprint density at radius 2 is 1.80 bits per heavy atom. The molecular weight excluding hydrogens is 338 g/mol. The van der Waals surface area contributed by atoms with Gasteiger partial charge in [-0.3, -0.25) is 9.97 Å². The summed E-state index contributed by atoms with van der Waals surface area (Å²) in [6.07, 6.45) is 3.38. The van der Waals surface area contributed by atoms with Crippen LogP contribution in [0.5, 0.6) is 0 Å². The SMILES string of the molecule is Clc1ccc(Br)cc1CNc1ccc2nccnc2c1. The monoisotopic (exact) mass is 347 g/mol. The maximum Gasteiger partial charge on any atom is 0.0907 e. The van der Waals surface area contributed by atoms with E-state index in [9.17, 15) is 0 Å². The number of nitrogens with one attached hydrogen (secondary N) is 1. The van der Waals surface area contributed by atoms with E-state index in [0.29, 0.717) is 6.54 Å². The minimum Gasteiger partial charge on any atom is -0.381 e. The lowest BCUT2D eigenvalue weighted by Gasteiger charge is -2.09. The molecule has 0 aliphatic rings. The Morgan fingerprint density at radius 3 is 2.65 bits per heavy atom. The molecule has 1 N–H and O–H groups in total. The number of halogens is 2. The lowest BCUT2D eigenvalue weighted by molar-refractivity contribution is 1.15. The number of anilines is 1. The molecule has 20 heavy (non-hydrogen) atoms. The highest BCUT2D eigenvalue weighted by Gasteiger charge is 2.02. The van der Waals surface area contributed by atoms with Crippen molar-refractivity contribution < 1.29 is 0 Å². The first-order valence-electron chi connectivity index (χ1n) is 6.11. The Labute approximate surface area is 130 Å². The zero-order valence-electron chi connectivity index (χ0n) is 10.5. The van der Waals surface area contributed by atoms with Crippen LogP contribution in [0.25, 0.3) is 11.0 Å². The van der Waals surface area contributed by atoms with Crippen LogP contribution in [-0.2, 0) is 6.54 Å². The Morgan fingerprint density at radius 1 is 1.00 bits per heavy atom. The van der Waals surface area contributed by atoms with Crippen molar-refractivity contribution in [2.24, 2.45) is 0 Å². The molecule has 2 aromatic carbocycles. The van der Waals surface area contributed by atoms with E-state index in [1.165, 1.54) is 0 Å². The molecule has 0 fully saturated rings. The summed E-state index contributed by atoms with van der Waals surface area (Å²) in [5, 5.41) is 4.10. The standard InChI is InChI=1S/C15H11BrClN3/c16-11-1-3-13(17)10(7-11)9-20-12-2-4-14-15(8-12)19-6-5-18-14/h1-8,20H,9H2. The summed E-state index contributed by atoms with van der Waals surface area (Å²) in [4.78, 5) is 8.54. The van der Waals surface area contributed by atoms with Crippen LogP contribution in [-0.4, -0.2) is 9.97 Å². The molecule has 3 nitrogen and oxygen atoms in total. The third-order valence-corrected chi connectivity index (χ3v) is 3.82. The van der Waals surface area contributed by atoms with Gasteiger partial charge in [-0.15, -0.1) is 0 Å². The molecule has 0 saturated heterocycles. The van der Waals surface area contributed by atoms with Gasteiger partial charge in [-0.2, -0.15) is 0 Å². The zero-order chi connectivity index (χ0) is 13.9. The van der Waals surface area contributed by atoms with Gasteiger partial charge in [-0.05, 0) is 42.0 Å². The van der Waals surface area contributed by atoms with Gasteiger partial charge in [0.15, 0.2) is 0 Å². The first-order chi connectivity index (χ1) is 9.72. The molecule has 0 amide bonds. The third-order valence-electron chi connectivity index (χ3n) is 2.96. The van der Waals surface area contributed by atoms with Crippen molar-refractivity contribution in [3.63, 3.8) is 0 Å². The molecule has 0 aliphatic carbocycles. The highest BCUT2D eigenvalue weighted by Crippen LogP contribution is 2.22. The number of hydrogen-bond acceptors (Lipinski definition) is 3. The zero-order valence-corrected chi connectivity index (χ0v) is 12.8. The molecule has 3 aromatic rings. The second-order valence-corrected chi connectivity index (χ2v) is 5.67. The van der Waals surface area contributed by atoms with E-state index in [1.54, 1.807) is 12.4 Å². The van der Waals surface area contributed by atoms with Crippen LogP contribution in [0.4, 0.5) is 5.69 Å². The van der Waals surface area contributed by atoms with Crippen molar-refractivity contribution in [1.82, 2.24) is 9.97 Å². The summed E-state index contributed by atoms with van der Waals surface area (Å²) in [6.45, 7) is 0.657. The predicted octanol–water partition coefficient (Wildman–Crippen LogP) is 4.66. The van der Waals surface area contributed by atoms with Crippen molar-refractivity contribution in [3.8, 4) is 0 Å². The number of hydrogen-bond donors (Lipinski definition) is 1. The van der Waals surface area contributed by atoms with E-state index in [0.717, 1.165) is 31.8 Å². The largest absolute Gasteiger partial charge is 0.381 e. The summed E-state index contributed by atoms with van der Waals surface area (Å²) in [5.41, 5.74) is 3.80. The van der Waals surface area contributed by atoms with Crippen molar-refractivity contribution in [3.05, 3.63) is 63.9 Å². The fraction of sp³-hybridized carbons (Fsp3) is 0.0667. The van der Waals surface area contributed by atoms with Gasteiger partial charge in [0.25, 0.3) is 0 Å². The molecule has 1 heterocycles. The van der Waals surface area contributed by atoms with E-state index in [-0.39, 0.29) is 0 Å². The summed E-state index contributed by atoms with van der Waals surface area (Å²) < 4.78 is 1.02. The topological polar surface area (TPSA) is 37.8 Å². The Bertz CT molecular complexity index is 761. The van der Waals surface area contributed by atoms with E-state index < -0.39 is 0 Å². The molecule has 0 unspecified atom stereocenters. The summed E-state index contributed by atoms with van der Waals surface area (Å²) in [5.74, 6) is 0. The van der Waals surface area contributed by atoms with Crippen LogP contribution in [0.3, 0.4) is 0 Å². The molecule has 0 radical (unpaired) electrons. The Balaban J connectivity index is 1.81. The number of fused-ring (bicyclic) bond motifs is 1. The average Bonchev–Trinajstić information content (AvgIpc) is 2.48. The molecule has 0 atom stereocenters. The van der Waals surface area contributed by atoms with Gasteiger partial charge in [0.1, 0.15) is 0 Å². The first kappa shape index (κ1) is 13.3. The van der Waals surface area contributed by atoms with E-state index in [4.69, 9.17) is 11.6 Å². The van der Waals surface area contributed by atoms with Crippen molar-refractivity contribution >= 4 is 44.3 Å². The summed E-state index contributed by atoms with van der Waals surface area (Å²) >= 11 is 9.62. The van der Waals surface area contributed by atoms with Crippen LogP contribution >= 0.6 is 27.5 Å². The second-order valence-electron chi connectivity index (χ2n) is 4.35. The lowest BCUT2D eigenvalue weighted by atomic mass is 10.2. The number of nitrogens with zero attached hydrogens (tertiary/aromatic N) is 2. The number of rotatable bonds is 3. The van der Waals surface area contributed by atoms with Crippen LogP contribution < -0.4 is 5.32 Å². The van der Waals surface area contributed by atoms with Gasteiger partial charge in [0, 0.05) is 34.1 Å². The van der Waals surface area contributed by atoms with Gasteiger partial charge in [0.2, 0.25) is 0 Å². The quantitative estimate of drug-likeness (QED) is 0.748. The smallest absolute Gasteiger partial charge is 0.0907 e. The minimum atomic E-state index is 0.657. The summed E-state index contributed by atoms with van der Waals surface area (Å²) in [7, 11) is 0. The van der Waals surface area contributed by atoms with E-state index in [1.807, 2.05) is 36.4 Å². The van der Waals surface area contributed by atoms with Crippen molar-refractivity contribution in [1.29, 1.82) is 0 Å². The number of aromatic nitrogens is 2. The van der Waals surface area contributed by atoms with Gasteiger partial charge in [-0.1, -0.05) is 27.5 Å². The van der Waals surface area contributed by atoms with Crippen LogP contribution in [0.15, 0.2) is 53.3 Å². The summed E-state index contributed by atoms with van der Waals surface area (Å²) in [6, 6.07) is 11.7. The van der Waals surface area contributed by atoms with Crippen LogP contribution in [0.2, 0.25) is 5.02 Å². The predicted molar refractivity (Wildman–Crippen MR) is 86.0 cm³/mol. The third kappa shape index (κ3) is 2.92. The molecule has 3 rings (SSSR count). The average molecular weight is 349 g/mol. The number of benzene rings is 2. The van der Waals surface area contributed by atoms with E-state index >= 15 is 0 Å².